The fraction of sp³-hybridized carbons (Fsp3) is 0.357. The van der Waals surface area contributed by atoms with E-state index in [-0.39, 0.29) is 17.2 Å². The Bertz CT molecular complexity index is 657. The number of hydrogen-bond donors (Lipinski definition) is 1. The van der Waals surface area contributed by atoms with Gasteiger partial charge in [0.1, 0.15) is 5.58 Å². The summed E-state index contributed by atoms with van der Waals surface area (Å²) in [6, 6.07) is 2.87. The van der Waals surface area contributed by atoms with Gasteiger partial charge >= 0.3 is 5.63 Å². The van der Waals surface area contributed by atoms with Gasteiger partial charge in [-0.05, 0) is 26.3 Å². The van der Waals surface area contributed by atoms with E-state index >= 15 is 0 Å². The lowest BCUT2D eigenvalue weighted by molar-refractivity contribution is 0.291. The zero-order valence-corrected chi connectivity index (χ0v) is 11.1. The maximum absolute atomic E-state index is 11.4. The SMILES string of the molecule is CCOc1cc2oc(=O)cc(C)c2c(OCC)c1O. The van der Waals surface area contributed by atoms with Crippen molar-refractivity contribution in [1.29, 1.82) is 0 Å². The highest BCUT2D eigenvalue weighted by atomic mass is 16.5. The molecule has 102 valence electrons. The third-order valence-electron chi connectivity index (χ3n) is 2.71. The van der Waals surface area contributed by atoms with Crippen LogP contribution in [0.15, 0.2) is 21.3 Å². The van der Waals surface area contributed by atoms with Gasteiger partial charge in [0.25, 0.3) is 0 Å². The van der Waals surface area contributed by atoms with Gasteiger partial charge in [-0.2, -0.15) is 0 Å². The van der Waals surface area contributed by atoms with Crippen molar-refractivity contribution in [3.63, 3.8) is 0 Å². The number of ether oxygens (including phenoxy) is 2. The smallest absolute Gasteiger partial charge is 0.336 e. The zero-order chi connectivity index (χ0) is 14.0. The molecule has 5 nitrogen and oxygen atoms in total. The van der Waals surface area contributed by atoms with Gasteiger partial charge in [0.2, 0.25) is 5.75 Å². The van der Waals surface area contributed by atoms with Crippen LogP contribution in [0, 0.1) is 6.92 Å². The van der Waals surface area contributed by atoms with Crippen LogP contribution in [-0.2, 0) is 0 Å². The van der Waals surface area contributed by atoms with Crippen molar-refractivity contribution in [3.8, 4) is 17.2 Å². The highest BCUT2D eigenvalue weighted by Crippen LogP contribution is 2.43. The lowest BCUT2D eigenvalue weighted by Crippen LogP contribution is -2.02. The second-order valence-corrected chi connectivity index (χ2v) is 4.04. The molecule has 1 heterocycles. The van der Waals surface area contributed by atoms with Gasteiger partial charge in [-0.15, -0.1) is 0 Å². The summed E-state index contributed by atoms with van der Waals surface area (Å²) in [6.07, 6.45) is 0. The van der Waals surface area contributed by atoms with Crippen molar-refractivity contribution in [2.45, 2.75) is 20.8 Å². The number of hydrogen-bond acceptors (Lipinski definition) is 5. The summed E-state index contributed by atoms with van der Waals surface area (Å²) >= 11 is 0. The molecule has 0 radical (unpaired) electrons. The van der Waals surface area contributed by atoms with Crippen LogP contribution in [0.2, 0.25) is 0 Å². The fourth-order valence-electron chi connectivity index (χ4n) is 1.99. The standard InChI is InChI=1S/C14H16O5/c1-4-17-10-7-9-12(8(3)6-11(15)19-9)14(13(10)16)18-5-2/h6-7,16H,4-5H2,1-3H3. The van der Waals surface area contributed by atoms with E-state index in [2.05, 4.69) is 0 Å². The topological polar surface area (TPSA) is 68.9 Å². The van der Waals surface area contributed by atoms with Crippen LogP contribution >= 0.6 is 0 Å². The predicted molar refractivity (Wildman–Crippen MR) is 71.2 cm³/mol. The minimum absolute atomic E-state index is 0.0758. The molecule has 2 aromatic rings. The first-order valence-corrected chi connectivity index (χ1v) is 6.14. The van der Waals surface area contributed by atoms with Gasteiger partial charge in [-0.3, -0.25) is 0 Å². The number of benzene rings is 1. The van der Waals surface area contributed by atoms with Crippen molar-refractivity contribution in [3.05, 3.63) is 28.1 Å². The molecule has 0 bridgehead atoms. The average molecular weight is 264 g/mol. The number of aryl methyl sites for hydroxylation is 1. The van der Waals surface area contributed by atoms with E-state index in [0.717, 1.165) is 0 Å². The molecule has 0 fully saturated rings. The average Bonchev–Trinajstić information content (AvgIpc) is 2.34. The molecule has 1 N–H and O–H groups in total. The van der Waals surface area contributed by atoms with E-state index in [1.165, 1.54) is 12.1 Å². The molecule has 1 aromatic carbocycles. The van der Waals surface area contributed by atoms with Crippen LogP contribution in [0.1, 0.15) is 19.4 Å². The van der Waals surface area contributed by atoms with E-state index in [9.17, 15) is 9.90 Å². The molecule has 0 aliphatic rings. The van der Waals surface area contributed by atoms with Crippen LogP contribution in [0.5, 0.6) is 17.2 Å². The number of phenols is 1. The van der Waals surface area contributed by atoms with Crippen LogP contribution in [0.25, 0.3) is 11.0 Å². The van der Waals surface area contributed by atoms with Crippen LogP contribution in [-0.4, -0.2) is 18.3 Å². The Morgan fingerprint density at radius 1 is 1.21 bits per heavy atom. The van der Waals surface area contributed by atoms with Gasteiger partial charge in [0, 0.05) is 12.1 Å². The maximum atomic E-state index is 11.4. The molecule has 0 saturated heterocycles. The normalized spacial score (nSPS) is 10.7. The van der Waals surface area contributed by atoms with E-state index in [0.29, 0.717) is 29.7 Å². The zero-order valence-electron chi connectivity index (χ0n) is 11.1. The van der Waals surface area contributed by atoms with Crippen LogP contribution in [0.4, 0.5) is 0 Å². The molecule has 0 atom stereocenters. The molecule has 0 unspecified atom stereocenters. The molecule has 0 aliphatic carbocycles. The lowest BCUT2D eigenvalue weighted by Gasteiger charge is -2.14. The summed E-state index contributed by atoms with van der Waals surface area (Å²) in [4.78, 5) is 11.4. The third-order valence-corrected chi connectivity index (χ3v) is 2.71. The highest BCUT2D eigenvalue weighted by Gasteiger charge is 2.18. The molecule has 5 heteroatoms. The molecular weight excluding hydrogens is 248 g/mol. The number of aromatic hydroxyl groups is 1. The van der Waals surface area contributed by atoms with Gasteiger partial charge in [-0.25, -0.2) is 4.79 Å². The van der Waals surface area contributed by atoms with E-state index in [1.54, 1.807) is 13.8 Å². The molecule has 0 saturated carbocycles. The number of fused-ring (bicyclic) bond motifs is 1. The van der Waals surface area contributed by atoms with Crippen molar-refractivity contribution in [1.82, 2.24) is 0 Å². The van der Waals surface area contributed by atoms with Crippen LogP contribution < -0.4 is 15.1 Å². The Balaban J connectivity index is 2.83. The first-order chi connectivity index (χ1) is 9.08. The second kappa shape index (κ2) is 5.22. The molecule has 1 aromatic heterocycles. The molecule has 2 rings (SSSR count). The monoisotopic (exact) mass is 264 g/mol. The third kappa shape index (κ3) is 2.36. The molecule has 19 heavy (non-hydrogen) atoms. The van der Waals surface area contributed by atoms with E-state index in [1.807, 2.05) is 6.92 Å². The van der Waals surface area contributed by atoms with Crippen molar-refractivity contribution in [2.24, 2.45) is 0 Å². The predicted octanol–water partition coefficient (Wildman–Crippen LogP) is 2.60. The Kier molecular flexibility index (Phi) is 3.64. The Hall–Kier alpha value is -2.17. The largest absolute Gasteiger partial charge is 0.502 e. The fourth-order valence-corrected chi connectivity index (χ4v) is 1.99. The summed E-state index contributed by atoms with van der Waals surface area (Å²) in [5.41, 5.74) is 0.586. The van der Waals surface area contributed by atoms with Crippen molar-refractivity contribution in [2.75, 3.05) is 13.2 Å². The van der Waals surface area contributed by atoms with Crippen molar-refractivity contribution >= 4 is 11.0 Å². The first-order valence-electron chi connectivity index (χ1n) is 6.14. The molecular formula is C14H16O5. The molecule has 0 amide bonds. The van der Waals surface area contributed by atoms with Crippen LogP contribution in [0.3, 0.4) is 0 Å². The lowest BCUT2D eigenvalue weighted by atomic mass is 10.1. The van der Waals surface area contributed by atoms with E-state index < -0.39 is 5.63 Å². The van der Waals surface area contributed by atoms with Gasteiger partial charge < -0.3 is 19.0 Å². The molecule has 0 spiro atoms. The minimum atomic E-state index is -0.444. The Morgan fingerprint density at radius 3 is 2.53 bits per heavy atom. The first kappa shape index (κ1) is 13.3. The summed E-state index contributed by atoms with van der Waals surface area (Å²) in [5, 5.41) is 10.8. The summed E-state index contributed by atoms with van der Waals surface area (Å²) in [7, 11) is 0. The van der Waals surface area contributed by atoms with Gasteiger partial charge in [-0.1, -0.05) is 0 Å². The summed E-state index contributed by atoms with van der Waals surface area (Å²) < 4.78 is 15.9. The quantitative estimate of drug-likeness (QED) is 0.859. The highest BCUT2D eigenvalue weighted by molar-refractivity contribution is 5.91. The minimum Gasteiger partial charge on any atom is -0.502 e. The molecule has 0 aliphatic heterocycles. The Morgan fingerprint density at radius 2 is 1.89 bits per heavy atom. The number of phenolic OH excluding ortho intramolecular Hbond substituents is 1. The second-order valence-electron chi connectivity index (χ2n) is 4.04. The summed E-state index contributed by atoms with van der Waals surface area (Å²) in [5.74, 6) is 0.449. The number of rotatable bonds is 4. The maximum Gasteiger partial charge on any atom is 0.336 e. The van der Waals surface area contributed by atoms with E-state index in [4.69, 9.17) is 13.9 Å². The summed E-state index contributed by atoms with van der Waals surface area (Å²) in [6.45, 7) is 6.16. The van der Waals surface area contributed by atoms with Gasteiger partial charge in [0.05, 0.1) is 18.6 Å². The van der Waals surface area contributed by atoms with Gasteiger partial charge in [0.15, 0.2) is 11.5 Å². The van der Waals surface area contributed by atoms with Crippen molar-refractivity contribution < 1.29 is 19.0 Å². The Labute approximate surface area is 110 Å².